The maximum atomic E-state index is 12.4. The number of aromatic nitrogens is 2. The second-order valence-corrected chi connectivity index (χ2v) is 10.6. The van der Waals surface area contributed by atoms with E-state index in [1.165, 1.54) is 12.0 Å². The molecule has 0 atom stereocenters. The first-order chi connectivity index (χ1) is 20.2. The van der Waals surface area contributed by atoms with Gasteiger partial charge in [-0.1, -0.05) is 78.9 Å². The molecule has 6 rings (SSSR count). The van der Waals surface area contributed by atoms with E-state index < -0.39 is 0 Å². The lowest BCUT2D eigenvalue weighted by Gasteiger charge is -2.35. The number of fused-ring (bicyclic) bond motifs is 1. The van der Waals surface area contributed by atoms with Crippen LogP contribution in [-0.2, 0) is 17.6 Å². The average Bonchev–Trinajstić information content (AvgIpc) is 3.02. The number of carbonyl (C=O) groups excluding carboxylic acids is 1. The molecule has 0 spiro atoms. The summed E-state index contributed by atoms with van der Waals surface area (Å²) in [6, 6.07) is 34.7. The summed E-state index contributed by atoms with van der Waals surface area (Å²) in [5.74, 6) is 0.917. The predicted molar refractivity (Wildman–Crippen MR) is 167 cm³/mol. The highest BCUT2D eigenvalue weighted by atomic mass is 16.1. The van der Waals surface area contributed by atoms with Crippen molar-refractivity contribution >= 4 is 28.4 Å². The van der Waals surface area contributed by atoms with Gasteiger partial charge in [0, 0.05) is 31.9 Å². The normalized spacial score (nSPS) is 13.8. The van der Waals surface area contributed by atoms with Gasteiger partial charge in [0.25, 0.3) is 0 Å². The third-order valence-electron chi connectivity index (χ3n) is 7.72. The van der Waals surface area contributed by atoms with Gasteiger partial charge in [0.2, 0.25) is 5.91 Å². The number of rotatable bonds is 9. The van der Waals surface area contributed by atoms with Crippen molar-refractivity contribution in [1.29, 1.82) is 0 Å². The van der Waals surface area contributed by atoms with Crippen LogP contribution in [0.15, 0.2) is 109 Å². The lowest BCUT2D eigenvalue weighted by Crippen LogP contribution is -2.47. The third kappa shape index (κ3) is 6.97. The van der Waals surface area contributed by atoms with Crippen molar-refractivity contribution in [1.82, 2.24) is 14.9 Å². The molecule has 0 unspecified atom stereocenters. The summed E-state index contributed by atoms with van der Waals surface area (Å²) in [6.45, 7) is 5.14. The van der Waals surface area contributed by atoms with Crippen LogP contribution in [0.3, 0.4) is 0 Å². The van der Waals surface area contributed by atoms with Crippen LogP contribution < -0.4 is 10.2 Å². The van der Waals surface area contributed by atoms with Crippen LogP contribution in [-0.4, -0.2) is 53.5 Å². The SMILES string of the molecule is O=C(Cc1ccccc1)Nc1ccc(-c2ccc3ncc(N4CCN(CCCc5ccccc5)CC4)nc3c2)cc1. The second kappa shape index (κ2) is 12.7. The summed E-state index contributed by atoms with van der Waals surface area (Å²) in [6.07, 6.45) is 4.58. The molecule has 1 aromatic heterocycles. The van der Waals surface area contributed by atoms with Crippen LogP contribution >= 0.6 is 0 Å². The van der Waals surface area contributed by atoms with Crippen molar-refractivity contribution in [2.75, 3.05) is 42.9 Å². The Labute approximate surface area is 241 Å². The minimum atomic E-state index is -0.0227. The summed E-state index contributed by atoms with van der Waals surface area (Å²) >= 11 is 0. The Balaban J connectivity index is 1.05. The Morgan fingerprint density at radius 1 is 0.732 bits per heavy atom. The number of nitrogens with one attached hydrogen (secondary N) is 1. The molecule has 4 aromatic carbocycles. The van der Waals surface area contributed by atoms with Gasteiger partial charge in [-0.15, -0.1) is 0 Å². The molecule has 0 bridgehead atoms. The summed E-state index contributed by atoms with van der Waals surface area (Å²) in [4.78, 5) is 27.0. The van der Waals surface area contributed by atoms with Crippen molar-refractivity contribution in [3.8, 4) is 11.1 Å². The van der Waals surface area contributed by atoms with E-state index in [0.717, 1.165) is 78.4 Å². The van der Waals surface area contributed by atoms with Crippen LogP contribution in [0.25, 0.3) is 22.2 Å². The molecule has 206 valence electrons. The lowest BCUT2D eigenvalue weighted by atomic mass is 10.0. The first-order valence-corrected chi connectivity index (χ1v) is 14.4. The summed E-state index contributed by atoms with van der Waals surface area (Å²) in [5.41, 5.74) is 7.14. The largest absolute Gasteiger partial charge is 0.353 e. The smallest absolute Gasteiger partial charge is 0.228 e. The zero-order chi connectivity index (χ0) is 27.9. The number of benzene rings is 4. The zero-order valence-corrected chi connectivity index (χ0v) is 23.2. The first kappa shape index (κ1) is 26.7. The maximum Gasteiger partial charge on any atom is 0.228 e. The van der Waals surface area contributed by atoms with Crippen molar-refractivity contribution in [2.45, 2.75) is 19.3 Å². The average molecular weight is 542 g/mol. The molecule has 1 fully saturated rings. The number of carbonyl (C=O) groups is 1. The number of anilines is 2. The van der Waals surface area contributed by atoms with Crippen molar-refractivity contribution in [3.05, 3.63) is 120 Å². The van der Waals surface area contributed by atoms with Gasteiger partial charge in [0.05, 0.1) is 23.7 Å². The van der Waals surface area contributed by atoms with Crippen molar-refractivity contribution in [2.24, 2.45) is 0 Å². The highest BCUT2D eigenvalue weighted by Gasteiger charge is 2.18. The minimum absolute atomic E-state index is 0.0227. The quantitative estimate of drug-likeness (QED) is 0.240. The second-order valence-electron chi connectivity index (χ2n) is 10.6. The summed E-state index contributed by atoms with van der Waals surface area (Å²) < 4.78 is 0. The van der Waals surface area contributed by atoms with E-state index in [9.17, 15) is 4.79 Å². The van der Waals surface area contributed by atoms with Crippen LogP contribution in [0.1, 0.15) is 17.5 Å². The Morgan fingerprint density at radius 2 is 1.41 bits per heavy atom. The Hall–Kier alpha value is -4.55. The van der Waals surface area contributed by atoms with Crippen LogP contribution in [0.5, 0.6) is 0 Å². The fraction of sp³-hybridized carbons (Fsp3) is 0.229. The van der Waals surface area contributed by atoms with E-state index in [1.54, 1.807) is 0 Å². The van der Waals surface area contributed by atoms with Crippen LogP contribution in [0.4, 0.5) is 11.5 Å². The molecule has 2 heterocycles. The van der Waals surface area contributed by atoms with E-state index in [0.29, 0.717) is 6.42 Å². The third-order valence-corrected chi connectivity index (χ3v) is 7.72. The van der Waals surface area contributed by atoms with Gasteiger partial charge in [0.15, 0.2) is 0 Å². The van der Waals surface area contributed by atoms with E-state index in [2.05, 4.69) is 57.6 Å². The zero-order valence-electron chi connectivity index (χ0n) is 23.2. The number of aryl methyl sites for hydroxylation is 1. The van der Waals surface area contributed by atoms with Gasteiger partial charge in [-0.25, -0.2) is 4.98 Å². The highest BCUT2D eigenvalue weighted by Crippen LogP contribution is 2.26. The molecule has 6 nitrogen and oxygen atoms in total. The number of nitrogens with zero attached hydrogens (tertiary/aromatic N) is 4. The molecule has 6 heteroatoms. The fourth-order valence-electron chi connectivity index (χ4n) is 5.42. The molecule has 0 saturated carbocycles. The molecule has 0 aliphatic carbocycles. The van der Waals surface area contributed by atoms with Gasteiger partial charge >= 0.3 is 0 Å². The monoisotopic (exact) mass is 541 g/mol. The molecule has 5 aromatic rings. The molecule has 1 amide bonds. The number of amides is 1. The number of hydrogen-bond acceptors (Lipinski definition) is 5. The van der Waals surface area contributed by atoms with Crippen molar-refractivity contribution in [3.63, 3.8) is 0 Å². The molecule has 1 N–H and O–H groups in total. The van der Waals surface area contributed by atoms with Gasteiger partial charge in [-0.2, -0.15) is 0 Å². The fourth-order valence-corrected chi connectivity index (χ4v) is 5.42. The number of hydrogen-bond donors (Lipinski definition) is 1. The van der Waals surface area contributed by atoms with Gasteiger partial charge in [0.1, 0.15) is 5.82 Å². The van der Waals surface area contributed by atoms with E-state index in [1.807, 2.05) is 66.9 Å². The first-order valence-electron chi connectivity index (χ1n) is 14.4. The lowest BCUT2D eigenvalue weighted by molar-refractivity contribution is -0.115. The molecule has 1 aliphatic heterocycles. The van der Waals surface area contributed by atoms with Gasteiger partial charge in [-0.3, -0.25) is 14.7 Å². The molecule has 41 heavy (non-hydrogen) atoms. The standard InChI is InChI=1S/C35H35N5O/c41-35(24-28-10-5-2-6-11-28)37-31-16-13-29(14-17-31)30-15-18-32-33(25-30)38-34(26-36-32)40-22-20-39(21-23-40)19-7-12-27-8-3-1-4-9-27/h1-6,8-11,13-18,25-26H,7,12,19-24H2,(H,37,41). The molecule has 0 radical (unpaired) electrons. The Bertz CT molecular complexity index is 1580. The molecule has 1 aliphatic rings. The number of piperazine rings is 1. The minimum Gasteiger partial charge on any atom is -0.353 e. The summed E-state index contributed by atoms with van der Waals surface area (Å²) in [7, 11) is 0. The highest BCUT2D eigenvalue weighted by molar-refractivity contribution is 5.92. The molecular weight excluding hydrogens is 506 g/mol. The molecular formula is C35H35N5O. The maximum absolute atomic E-state index is 12.4. The molecule has 1 saturated heterocycles. The van der Waals surface area contributed by atoms with E-state index in [4.69, 9.17) is 9.97 Å². The van der Waals surface area contributed by atoms with Crippen LogP contribution in [0.2, 0.25) is 0 Å². The summed E-state index contributed by atoms with van der Waals surface area (Å²) in [5, 5.41) is 2.99. The Morgan fingerprint density at radius 3 is 2.15 bits per heavy atom. The van der Waals surface area contributed by atoms with Gasteiger partial charge in [-0.05, 0) is 65.9 Å². The van der Waals surface area contributed by atoms with Gasteiger partial charge < -0.3 is 10.2 Å². The van der Waals surface area contributed by atoms with Crippen molar-refractivity contribution < 1.29 is 4.79 Å². The van der Waals surface area contributed by atoms with E-state index in [-0.39, 0.29) is 5.91 Å². The predicted octanol–water partition coefficient (Wildman–Crippen LogP) is 6.23. The van der Waals surface area contributed by atoms with Crippen LogP contribution in [0, 0.1) is 0 Å². The topological polar surface area (TPSA) is 61.4 Å². The Kier molecular flexibility index (Phi) is 8.29. The van der Waals surface area contributed by atoms with E-state index >= 15 is 0 Å².